The second kappa shape index (κ2) is 2.77. The van der Waals surface area contributed by atoms with E-state index >= 15 is 0 Å². The number of aromatic nitrogens is 2. The van der Waals surface area contributed by atoms with Gasteiger partial charge in [0, 0.05) is 0 Å². The molecule has 1 aromatic heterocycles. The summed E-state index contributed by atoms with van der Waals surface area (Å²) in [4.78, 5) is 7.10. The topological polar surface area (TPSA) is 35.0 Å². The fourth-order valence-electron chi connectivity index (χ4n) is 0.297. The summed E-state index contributed by atoms with van der Waals surface area (Å²) < 4.78 is 32.7. The zero-order chi connectivity index (χ0) is 10.0. The number of rotatable bonds is 1. The number of halogens is 1. The van der Waals surface area contributed by atoms with Gasteiger partial charge in [0.05, 0.1) is 24.9 Å². The van der Waals surface area contributed by atoms with Crippen LogP contribution in [0.1, 0.15) is 5.48 Å². The lowest BCUT2D eigenvalue weighted by atomic mass is 10.6. The summed E-state index contributed by atoms with van der Waals surface area (Å²) in [5.41, 5.74) is 0. The summed E-state index contributed by atoms with van der Waals surface area (Å²) >= 11 is 2.90. The van der Waals surface area contributed by atoms with Crippen molar-refractivity contribution in [3.8, 4) is 5.75 Å². The number of hydrogen-bond donors (Lipinski definition) is 0. The molecule has 0 atom stereocenters. The van der Waals surface area contributed by atoms with E-state index in [-0.39, 0.29) is 22.8 Å². The lowest BCUT2D eigenvalue weighted by molar-refractivity contribution is 0.410. The molecule has 0 aliphatic carbocycles. The second-order valence-corrected chi connectivity index (χ2v) is 1.87. The van der Waals surface area contributed by atoms with Gasteiger partial charge in [0.25, 0.3) is 0 Å². The van der Waals surface area contributed by atoms with E-state index in [1.54, 1.807) is 0 Å². The van der Waals surface area contributed by atoms with Crippen molar-refractivity contribution in [1.29, 1.82) is 0 Å². The highest BCUT2D eigenvalue weighted by Crippen LogP contribution is 2.07. The van der Waals surface area contributed by atoms with Gasteiger partial charge in [-0.15, -0.1) is 0 Å². The minimum Gasteiger partial charge on any atom is -0.494 e. The van der Waals surface area contributed by atoms with Crippen molar-refractivity contribution < 1.29 is 10.2 Å². The Morgan fingerprint density at radius 1 is 1.78 bits per heavy atom. The van der Waals surface area contributed by atoms with Crippen LogP contribution in [0.3, 0.4) is 0 Å². The molecule has 0 amide bonds. The summed E-state index contributed by atoms with van der Waals surface area (Å²) in [5.74, 6) is -0.252. The lowest BCUT2D eigenvalue weighted by Crippen LogP contribution is -1.86. The minimum absolute atomic E-state index is 0.112. The van der Waals surface area contributed by atoms with Crippen LogP contribution in [0, 0.1) is 0 Å². The Morgan fingerprint density at radius 3 is 3.00 bits per heavy atom. The van der Waals surface area contributed by atoms with Gasteiger partial charge < -0.3 is 4.74 Å². The van der Waals surface area contributed by atoms with Crippen LogP contribution in [0.25, 0.3) is 0 Å². The Morgan fingerprint density at radius 2 is 2.44 bits per heavy atom. The van der Waals surface area contributed by atoms with Crippen LogP contribution < -0.4 is 4.74 Å². The first-order chi connectivity index (χ1) is 6.00. The molecule has 0 aromatic carbocycles. The van der Waals surface area contributed by atoms with Gasteiger partial charge in [-0.2, -0.15) is 0 Å². The molecule has 0 bridgehead atoms. The highest BCUT2D eigenvalue weighted by atomic mass is 79.9. The molecule has 9 heavy (non-hydrogen) atoms. The summed E-state index contributed by atoms with van der Waals surface area (Å²) in [6.07, 6.45) is -0.618. The highest BCUT2D eigenvalue weighted by molar-refractivity contribution is 9.10. The van der Waals surface area contributed by atoms with Crippen LogP contribution >= 0.6 is 15.9 Å². The number of nitrogens with zero attached hydrogens (tertiary/aromatic N) is 2. The average Bonchev–Trinajstić information content (AvgIpc) is 1.96. The molecule has 0 spiro atoms. The molecule has 48 valence electrons. The molecule has 1 heterocycles. The van der Waals surface area contributed by atoms with E-state index in [0.29, 0.717) is 0 Å². The predicted octanol–water partition coefficient (Wildman–Crippen LogP) is 1.25. The first kappa shape index (κ1) is 2.96. The van der Waals surface area contributed by atoms with Gasteiger partial charge in [-0.3, -0.25) is 0 Å². The molecular weight excluding hydrogens is 184 g/mol. The largest absolute Gasteiger partial charge is 0.494 e. The zero-order valence-corrected chi connectivity index (χ0v) is 5.84. The van der Waals surface area contributed by atoms with Gasteiger partial charge in [-0.05, 0) is 15.9 Å². The van der Waals surface area contributed by atoms with Crippen molar-refractivity contribution in [1.82, 2.24) is 9.97 Å². The third kappa shape index (κ3) is 1.64. The average molecular weight is 193 g/mol. The third-order valence-corrected chi connectivity index (χ3v) is 0.972. The van der Waals surface area contributed by atoms with E-state index < -0.39 is 7.06 Å². The van der Waals surface area contributed by atoms with Crippen LogP contribution in [-0.4, -0.2) is 17.0 Å². The van der Waals surface area contributed by atoms with Crippen molar-refractivity contribution in [2.45, 2.75) is 0 Å². The van der Waals surface area contributed by atoms with Gasteiger partial charge in [-0.25, -0.2) is 9.97 Å². The summed E-state index contributed by atoms with van der Waals surface area (Å²) in [6.45, 7) is 0. The van der Waals surface area contributed by atoms with Gasteiger partial charge in [-0.1, -0.05) is 0 Å². The van der Waals surface area contributed by atoms with Crippen molar-refractivity contribution in [2.24, 2.45) is 0 Å². The molecule has 0 N–H and O–H groups in total. The van der Waals surface area contributed by atoms with Crippen LogP contribution in [0.15, 0.2) is 17.1 Å². The Kier molecular flexibility index (Phi) is 0.914. The van der Waals surface area contributed by atoms with E-state index in [1.165, 1.54) is 0 Å². The van der Waals surface area contributed by atoms with Crippen LogP contribution in [-0.2, 0) is 0 Å². The van der Waals surface area contributed by atoms with Gasteiger partial charge >= 0.3 is 0 Å². The standard InChI is InChI=1S/C5H5BrN2O/c1-9-4-2-7-5(6)8-3-4/h2-3H,1H3/i1D2,2D,3D. The fraction of sp³-hybridized carbons (Fsp3) is 0.200. The fourth-order valence-corrected chi connectivity index (χ4v) is 0.474. The number of hydrogen-bond acceptors (Lipinski definition) is 3. The molecular formula is C5H5BrN2O. The third-order valence-electron chi connectivity index (χ3n) is 0.617. The molecule has 3 nitrogen and oxygen atoms in total. The smallest absolute Gasteiger partial charge is 0.196 e. The van der Waals surface area contributed by atoms with Crippen LogP contribution in [0.2, 0.25) is 0 Å². The van der Waals surface area contributed by atoms with E-state index in [2.05, 4.69) is 30.6 Å². The predicted molar refractivity (Wildman–Crippen MR) is 36.3 cm³/mol. The van der Waals surface area contributed by atoms with Gasteiger partial charge in [0.2, 0.25) is 0 Å². The SMILES string of the molecule is [2H]c1nc(Br)nc([2H])c1OC([2H])[2H]. The minimum atomic E-state index is -1.59. The van der Waals surface area contributed by atoms with Crippen molar-refractivity contribution in [3.05, 3.63) is 17.1 Å². The molecule has 0 fully saturated rings. The summed E-state index contributed by atoms with van der Waals surface area (Å²) in [6, 6.07) is 0. The normalized spacial score (nSPS) is 15.8. The maximum absolute atomic E-state index is 7.25. The summed E-state index contributed by atoms with van der Waals surface area (Å²) in [7, 11) is -1.59. The molecule has 0 saturated heterocycles. The second-order valence-electron chi connectivity index (χ2n) is 1.16. The van der Waals surface area contributed by atoms with Crippen molar-refractivity contribution >= 4 is 15.9 Å². The quantitative estimate of drug-likeness (QED) is 0.629. The Labute approximate surface area is 66.8 Å². The molecule has 4 heteroatoms. The Hall–Kier alpha value is -0.640. The first-order valence-corrected chi connectivity index (χ1v) is 2.82. The molecule has 0 unspecified atom stereocenters. The number of ether oxygens (including phenoxy) is 1. The molecule has 0 aliphatic rings. The van der Waals surface area contributed by atoms with Crippen molar-refractivity contribution in [3.63, 3.8) is 0 Å². The zero-order valence-electron chi connectivity index (χ0n) is 8.26. The van der Waals surface area contributed by atoms with Crippen molar-refractivity contribution in [2.75, 3.05) is 7.06 Å². The van der Waals surface area contributed by atoms with Gasteiger partial charge in [0.1, 0.15) is 0 Å². The molecule has 0 saturated carbocycles. The maximum Gasteiger partial charge on any atom is 0.196 e. The summed E-state index contributed by atoms with van der Waals surface area (Å²) in [5, 5.41) is 0. The Bertz CT molecular complexity index is 298. The van der Waals surface area contributed by atoms with Crippen LogP contribution in [0.4, 0.5) is 0 Å². The molecule has 0 radical (unpaired) electrons. The van der Waals surface area contributed by atoms with Crippen LogP contribution in [0.5, 0.6) is 5.75 Å². The molecule has 1 rings (SSSR count). The number of methoxy groups -OCH3 is 1. The Balaban J connectivity index is 3.06. The maximum atomic E-state index is 7.25. The van der Waals surface area contributed by atoms with E-state index in [0.717, 1.165) is 0 Å². The van der Waals surface area contributed by atoms with E-state index in [9.17, 15) is 0 Å². The lowest BCUT2D eigenvalue weighted by Gasteiger charge is -1.94. The molecule has 0 aliphatic heterocycles. The monoisotopic (exact) mass is 192 g/mol. The van der Waals surface area contributed by atoms with E-state index in [1.807, 2.05) is 0 Å². The van der Waals surface area contributed by atoms with E-state index in [4.69, 9.17) is 5.48 Å². The first-order valence-electron chi connectivity index (χ1n) is 4.18. The van der Waals surface area contributed by atoms with Gasteiger partial charge in [0.15, 0.2) is 10.5 Å². The highest BCUT2D eigenvalue weighted by Gasteiger charge is 1.89. The molecule has 1 aromatic rings.